The number of likely N-dealkylation sites (N-methyl/N-ethyl adjacent to an activating group) is 1. The molecule has 0 aliphatic carbocycles. The van der Waals surface area contributed by atoms with Crippen LogP contribution in [0.5, 0.6) is 0 Å². The van der Waals surface area contributed by atoms with Crippen LogP contribution in [0.1, 0.15) is 23.3 Å². The number of likely N-dealkylation sites (tertiary alicyclic amines) is 1. The Morgan fingerprint density at radius 3 is 2.90 bits per heavy atom. The Morgan fingerprint density at radius 2 is 2.14 bits per heavy atom. The lowest BCUT2D eigenvalue weighted by Crippen LogP contribution is -2.47. The summed E-state index contributed by atoms with van der Waals surface area (Å²) in [4.78, 5) is 15.8. The minimum atomic E-state index is -0.0443. The molecule has 1 unspecified atom stereocenters. The third-order valence-electron chi connectivity index (χ3n) is 3.81. The first-order chi connectivity index (χ1) is 10.3. The topological polar surface area (TPSA) is 63.1 Å². The third-order valence-corrected chi connectivity index (χ3v) is 3.81. The molecule has 6 heteroatoms. The maximum absolute atomic E-state index is 12.5. The Labute approximate surface area is 123 Å². The van der Waals surface area contributed by atoms with Crippen LogP contribution in [0.4, 0.5) is 0 Å². The molecule has 6 nitrogen and oxygen atoms in total. The average Bonchev–Trinajstić information content (AvgIpc) is 3.05. The van der Waals surface area contributed by atoms with E-state index in [1.54, 1.807) is 6.20 Å². The Balaban J connectivity index is 1.75. The van der Waals surface area contributed by atoms with E-state index in [0.29, 0.717) is 11.7 Å². The fourth-order valence-corrected chi connectivity index (χ4v) is 2.61. The molecule has 3 rings (SSSR count). The van der Waals surface area contributed by atoms with Gasteiger partial charge in [0.15, 0.2) is 5.69 Å². The van der Waals surface area contributed by atoms with Gasteiger partial charge in [0.05, 0.1) is 11.9 Å². The van der Waals surface area contributed by atoms with Crippen LogP contribution >= 0.6 is 0 Å². The van der Waals surface area contributed by atoms with Crippen molar-refractivity contribution in [3.05, 3.63) is 42.2 Å². The summed E-state index contributed by atoms with van der Waals surface area (Å²) in [5, 5.41) is 11.7. The minimum absolute atomic E-state index is 0.0443. The quantitative estimate of drug-likeness (QED) is 0.917. The molecule has 1 aliphatic heterocycles. The van der Waals surface area contributed by atoms with Crippen molar-refractivity contribution in [2.75, 3.05) is 20.1 Å². The van der Waals surface area contributed by atoms with E-state index in [1.807, 2.05) is 42.3 Å². The maximum atomic E-state index is 12.5. The molecule has 21 heavy (non-hydrogen) atoms. The lowest BCUT2D eigenvalue weighted by atomic mass is 10.1. The van der Waals surface area contributed by atoms with Crippen LogP contribution in [0.25, 0.3) is 5.69 Å². The maximum Gasteiger partial charge on any atom is 0.276 e. The van der Waals surface area contributed by atoms with E-state index >= 15 is 0 Å². The predicted octanol–water partition coefficient (Wildman–Crippen LogP) is 1.09. The van der Waals surface area contributed by atoms with Gasteiger partial charge in [0.25, 0.3) is 5.91 Å². The Bertz CT molecular complexity index is 610. The SMILES string of the molecule is CNC1CCCN(C(=O)c2cnn(-c3ccccc3)n2)C1. The van der Waals surface area contributed by atoms with Gasteiger partial charge in [-0.25, -0.2) is 0 Å². The van der Waals surface area contributed by atoms with Gasteiger partial charge in [-0.1, -0.05) is 18.2 Å². The Kier molecular flexibility index (Phi) is 3.96. The Morgan fingerprint density at radius 1 is 1.33 bits per heavy atom. The van der Waals surface area contributed by atoms with Gasteiger partial charge in [-0.15, -0.1) is 5.10 Å². The molecule has 1 atom stereocenters. The molecular formula is C15H19N5O. The molecule has 2 aromatic rings. The molecule has 1 amide bonds. The van der Waals surface area contributed by atoms with Crippen molar-refractivity contribution in [2.24, 2.45) is 0 Å². The summed E-state index contributed by atoms with van der Waals surface area (Å²) >= 11 is 0. The largest absolute Gasteiger partial charge is 0.336 e. The van der Waals surface area contributed by atoms with Gasteiger partial charge in [0.2, 0.25) is 0 Å². The molecule has 1 aromatic heterocycles. The summed E-state index contributed by atoms with van der Waals surface area (Å²) in [5.41, 5.74) is 1.25. The molecule has 1 saturated heterocycles. The molecule has 0 spiro atoms. The van der Waals surface area contributed by atoms with E-state index in [4.69, 9.17) is 0 Å². The number of para-hydroxylation sites is 1. The van der Waals surface area contributed by atoms with E-state index in [2.05, 4.69) is 15.5 Å². The second-order valence-corrected chi connectivity index (χ2v) is 5.23. The van der Waals surface area contributed by atoms with Crippen molar-refractivity contribution in [3.63, 3.8) is 0 Å². The summed E-state index contributed by atoms with van der Waals surface area (Å²) in [6.45, 7) is 1.52. The van der Waals surface area contributed by atoms with Crippen molar-refractivity contribution in [2.45, 2.75) is 18.9 Å². The number of aromatic nitrogens is 3. The molecule has 1 aliphatic rings. The summed E-state index contributed by atoms with van der Waals surface area (Å²) in [6.07, 6.45) is 3.67. The van der Waals surface area contributed by atoms with Crippen molar-refractivity contribution in [1.29, 1.82) is 0 Å². The number of nitrogens with zero attached hydrogens (tertiary/aromatic N) is 4. The number of carbonyl (C=O) groups excluding carboxylic acids is 1. The zero-order valence-corrected chi connectivity index (χ0v) is 12.1. The van der Waals surface area contributed by atoms with Crippen LogP contribution in [0, 0.1) is 0 Å². The van der Waals surface area contributed by atoms with Gasteiger partial charge >= 0.3 is 0 Å². The first-order valence-corrected chi connectivity index (χ1v) is 7.22. The number of carbonyl (C=O) groups is 1. The lowest BCUT2D eigenvalue weighted by Gasteiger charge is -2.31. The first kappa shape index (κ1) is 13.8. The molecule has 1 aromatic carbocycles. The first-order valence-electron chi connectivity index (χ1n) is 7.22. The molecule has 2 heterocycles. The van der Waals surface area contributed by atoms with Gasteiger partial charge in [0, 0.05) is 19.1 Å². The summed E-state index contributed by atoms with van der Waals surface area (Å²) in [6, 6.07) is 9.96. The van der Waals surface area contributed by atoms with Crippen molar-refractivity contribution < 1.29 is 4.79 Å². The summed E-state index contributed by atoms with van der Waals surface area (Å²) in [7, 11) is 1.93. The fraction of sp³-hybridized carbons (Fsp3) is 0.400. The van der Waals surface area contributed by atoms with Crippen LogP contribution in [-0.2, 0) is 0 Å². The molecule has 0 saturated carbocycles. The lowest BCUT2D eigenvalue weighted by molar-refractivity contribution is 0.0691. The number of piperidine rings is 1. The average molecular weight is 285 g/mol. The van der Waals surface area contributed by atoms with E-state index in [1.165, 1.54) is 4.80 Å². The van der Waals surface area contributed by atoms with Crippen molar-refractivity contribution >= 4 is 5.91 Å². The number of nitrogens with one attached hydrogen (secondary N) is 1. The molecule has 1 N–H and O–H groups in total. The number of hydrogen-bond donors (Lipinski definition) is 1. The Hall–Kier alpha value is -2.21. The summed E-state index contributed by atoms with van der Waals surface area (Å²) in [5.74, 6) is -0.0443. The highest BCUT2D eigenvalue weighted by atomic mass is 16.2. The standard InChI is InChI=1S/C15H19N5O/c1-16-12-6-5-9-19(11-12)15(21)14-10-17-20(18-14)13-7-3-2-4-8-13/h2-4,7-8,10,12,16H,5-6,9,11H2,1H3. The number of hydrogen-bond acceptors (Lipinski definition) is 4. The smallest absolute Gasteiger partial charge is 0.276 e. The van der Waals surface area contributed by atoms with Gasteiger partial charge in [-0.05, 0) is 32.0 Å². The van der Waals surface area contributed by atoms with Gasteiger partial charge < -0.3 is 10.2 Å². The van der Waals surface area contributed by atoms with E-state index in [-0.39, 0.29) is 5.91 Å². The predicted molar refractivity (Wildman–Crippen MR) is 79.3 cm³/mol. The van der Waals surface area contributed by atoms with Crippen LogP contribution in [-0.4, -0.2) is 52.0 Å². The number of amides is 1. The molecule has 1 fully saturated rings. The molecule has 0 radical (unpaired) electrons. The molecule has 110 valence electrons. The second kappa shape index (κ2) is 6.05. The normalized spacial score (nSPS) is 18.7. The van der Waals surface area contributed by atoms with Gasteiger partial charge in [-0.3, -0.25) is 4.79 Å². The minimum Gasteiger partial charge on any atom is -0.336 e. The van der Waals surface area contributed by atoms with E-state index in [0.717, 1.165) is 31.6 Å². The van der Waals surface area contributed by atoms with E-state index in [9.17, 15) is 4.79 Å². The molecular weight excluding hydrogens is 266 g/mol. The van der Waals surface area contributed by atoms with Gasteiger partial charge in [-0.2, -0.15) is 9.90 Å². The second-order valence-electron chi connectivity index (χ2n) is 5.23. The van der Waals surface area contributed by atoms with Crippen LogP contribution < -0.4 is 5.32 Å². The third kappa shape index (κ3) is 2.95. The van der Waals surface area contributed by atoms with Crippen LogP contribution in [0.3, 0.4) is 0 Å². The van der Waals surface area contributed by atoms with Gasteiger partial charge in [0.1, 0.15) is 0 Å². The highest BCUT2D eigenvalue weighted by Gasteiger charge is 2.25. The highest BCUT2D eigenvalue weighted by molar-refractivity contribution is 5.92. The number of benzene rings is 1. The monoisotopic (exact) mass is 285 g/mol. The number of rotatable bonds is 3. The zero-order valence-electron chi connectivity index (χ0n) is 12.1. The fourth-order valence-electron chi connectivity index (χ4n) is 2.61. The summed E-state index contributed by atoms with van der Waals surface area (Å²) < 4.78 is 0. The van der Waals surface area contributed by atoms with Crippen molar-refractivity contribution in [3.8, 4) is 5.69 Å². The van der Waals surface area contributed by atoms with Crippen LogP contribution in [0.15, 0.2) is 36.5 Å². The highest BCUT2D eigenvalue weighted by Crippen LogP contribution is 2.13. The zero-order chi connectivity index (χ0) is 14.7. The van der Waals surface area contributed by atoms with Crippen molar-refractivity contribution in [1.82, 2.24) is 25.2 Å². The van der Waals surface area contributed by atoms with Crippen LogP contribution in [0.2, 0.25) is 0 Å². The van der Waals surface area contributed by atoms with E-state index < -0.39 is 0 Å². The molecule has 0 bridgehead atoms.